The Bertz CT molecular complexity index is 375. The van der Waals surface area contributed by atoms with Gasteiger partial charge < -0.3 is 5.32 Å². The molecule has 0 saturated heterocycles. The van der Waals surface area contributed by atoms with E-state index >= 15 is 0 Å². The molecule has 0 aromatic heterocycles. The number of hydrogen-bond donors (Lipinski definition) is 2. The molecule has 1 aromatic rings. The summed E-state index contributed by atoms with van der Waals surface area (Å²) in [7, 11) is -1.73. The van der Waals surface area contributed by atoms with Gasteiger partial charge in [0.15, 0.2) is 0 Å². The summed E-state index contributed by atoms with van der Waals surface area (Å²) in [5.74, 6) is 0. The third-order valence-electron chi connectivity index (χ3n) is 1.63. The molecule has 0 unspecified atom stereocenters. The summed E-state index contributed by atoms with van der Waals surface area (Å²) in [5, 5.41) is 7.90. The van der Waals surface area contributed by atoms with Gasteiger partial charge in [-0.15, -0.1) is 12.4 Å². The van der Waals surface area contributed by atoms with Gasteiger partial charge in [0.1, 0.15) is 0 Å². The van der Waals surface area contributed by atoms with E-state index in [9.17, 15) is 8.42 Å². The first kappa shape index (κ1) is 13.4. The molecule has 6 heteroatoms. The highest BCUT2D eigenvalue weighted by Crippen LogP contribution is 2.08. The molecule has 0 radical (unpaired) electrons. The zero-order valence-electron chi connectivity index (χ0n) is 7.73. The van der Waals surface area contributed by atoms with E-state index in [0.717, 1.165) is 5.56 Å². The van der Waals surface area contributed by atoms with Crippen LogP contribution in [0.4, 0.5) is 0 Å². The minimum Gasteiger partial charge on any atom is -0.316 e. The number of nitrogens with two attached hydrogens (primary N) is 1. The molecule has 0 amide bonds. The van der Waals surface area contributed by atoms with Gasteiger partial charge in [-0.25, -0.2) is 13.6 Å². The van der Waals surface area contributed by atoms with Crippen molar-refractivity contribution in [3.05, 3.63) is 29.8 Å². The van der Waals surface area contributed by atoms with Crippen LogP contribution in [-0.4, -0.2) is 15.5 Å². The average molecular weight is 237 g/mol. The quantitative estimate of drug-likeness (QED) is 0.802. The van der Waals surface area contributed by atoms with E-state index < -0.39 is 10.0 Å². The summed E-state index contributed by atoms with van der Waals surface area (Å²) in [4.78, 5) is 0.146. The highest BCUT2D eigenvalue weighted by molar-refractivity contribution is 7.89. The van der Waals surface area contributed by atoms with Gasteiger partial charge in [-0.1, -0.05) is 12.1 Å². The molecular weight excluding hydrogens is 224 g/mol. The molecule has 0 aliphatic carbocycles. The number of hydrogen-bond acceptors (Lipinski definition) is 3. The SMILES string of the molecule is CNCc1ccc(S(N)(=O)=O)cc1.Cl. The summed E-state index contributed by atoms with van der Waals surface area (Å²) in [6.45, 7) is 0.713. The largest absolute Gasteiger partial charge is 0.316 e. The summed E-state index contributed by atoms with van der Waals surface area (Å²) in [5.41, 5.74) is 1.02. The highest BCUT2D eigenvalue weighted by atomic mass is 35.5. The number of halogens is 1. The molecule has 0 atom stereocenters. The van der Waals surface area contributed by atoms with Crippen molar-refractivity contribution < 1.29 is 8.42 Å². The van der Waals surface area contributed by atoms with E-state index in [1.54, 1.807) is 12.1 Å². The second kappa shape index (κ2) is 5.31. The van der Waals surface area contributed by atoms with Crippen LogP contribution in [-0.2, 0) is 16.6 Å². The number of primary sulfonamides is 1. The van der Waals surface area contributed by atoms with Crippen LogP contribution < -0.4 is 10.5 Å². The Morgan fingerprint density at radius 1 is 1.29 bits per heavy atom. The first-order valence-electron chi connectivity index (χ1n) is 3.80. The van der Waals surface area contributed by atoms with Gasteiger partial charge in [0.05, 0.1) is 4.90 Å². The zero-order chi connectivity index (χ0) is 9.90. The molecule has 14 heavy (non-hydrogen) atoms. The fourth-order valence-corrected chi connectivity index (χ4v) is 1.52. The summed E-state index contributed by atoms with van der Waals surface area (Å²) in [6.07, 6.45) is 0. The molecule has 80 valence electrons. The number of nitrogens with one attached hydrogen (secondary N) is 1. The third kappa shape index (κ3) is 3.63. The summed E-state index contributed by atoms with van der Waals surface area (Å²) >= 11 is 0. The lowest BCUT2D eigenvalue weighted by Gasteiger charge is -2.01. The van der Waals surface area contributed by atoms with Gasteiger partial charge in [0.2, 0.25) is 10.0 Å². The smallest absolute Gasteiger partial charge is 0.238 e. The third-order valence-corrected chi connectivity index (χ3v) is 2.56. The molecule has 0 fully saturated rings. The number of rotatable bonds is 3. The van der Waals surface area contributed by atoms with Crippen molar-refractivity contribution in [3.8, 4) is 0 Å². The second-order valence-corrected chi connectivity index (χ2v) is 4.28. The van der Waals surface area contributed by atoms with Crippen molar-refractivity contribution in [2.45, 2.75) is 11.4 Å². The van der Waals surface area contributed by atoms with E-state index in [-0.39, 0.29) is 17.3 Å². The van der Waals surface area contributed by atoms with Crippen LogP contribution in [0.1, 0.15) is 5.56 Å². The lowest BCUT2D eigenvalue weighted by Crippen LogP contribution is -2.12. The fourth-order valence-electron chi connectivity index (χ4n) is 1.00. The molecule has 1 aromatic carbocycles. The van der Waals surface area contributed by atoms with Gasteiger partial charge >= 0.3 is 0 Å². The lowest BCUT2D eigenvalue weighted by molar-refractivity contribution is 0.597. The zero-order valence-corrected chi connectivity index (χ0v) is 9.36. The Labute approximate surface area is 90.0 Å². The molecule has 3 N–H and O–H groups in total. The van der Waals surface area contributed by atoms with Gasteiger partial charge in [-0.05, 0) is 24.7 Å². The van der Waals surface area contributed by atoms with E-state index in [2.05, 4.69) is 5.32 Å². The Morgan fingerprint density at radius 3 is 2.14 bits per heavy atom. The van der Waals surface area contributed by atoms with Crippen molar-refractivity contribution in [1.29, 1.82) is 0 Å². The minimum atomic E-state index is -3.55. The van der Waals surface area contributed by atoms with Crippen LogP contribution >= 0.6 is 12.4 Å². The maximum absolute atomic E-state index is 10.9. The second-order valence-electron chi connectivity index (χ2n) is 2.72. The number of sulfonamides is 1. The molecule has 0 aliphatic heterocycles. The van der Waals surface area contributed by atoms with Gasteiger partial charge in [0.25, 0.3) is 0 Å². The van der Waals surface area contributed by atoms with Crippen LogP contribution in [0.2, 0.25) is 0 Å². The first-order valence-corrected chi connectivity index (χ1v) is 5.35. The molecule has 0 heterocycles. The Hall–Kier alpha value is -0.620. The fraction of sp³-hybridized carbons (Fsp3) is 0.250. The Balaban J connectivity index is 0.00000169. The molecule has 0 spiro atoms. The maximum atomic E-state index is 10.9. The van der Waals surface area contributed by atoms with Crippen LogP contribution in [0.15, 0.2) is 29.2 Å². The van der Waals surface area contributed by atoms with Crippen molar-refractivity contribution in [2.75, 3.05) is 7.05 Å². The van der Waals surface area contributed by atoms with Crippen LogP contribution in [0.5, 0.6) is 0 Å². The predicted octanol–water partition coefficient (Wildman–Crippen LogP) is 0.475. The van der Waals surface area contributed by atoms with Crippen LogP contribution in [0, 0.1) is 0 Å². The Kier molecular flexibility index (Phi) is 5.07. The molecule has 0 aliphatic rings. The van der Waals surface area contributed by atoms with E-state index in [0.29, 0.717) is 6.54 Å². The standard InChI is InChI=1S/C8H12N2O2S.ClH/c1-10-6-7-2-4-8(5-3-7)13(9,11)12;/h2-5,10H,6H2,1H3,(H2,9,11,12);1H. The summed E-state index contributed by atoms with van der Waals surface area (Å²) < 4.78 is 21.7. The topological polar surface area (TPSA) is 72.2 Å². The first-order chi connectivity index (χ1) is 6.04. The normalized spacial score (nSPS) is 10.7. The van der Waals surface area contributed by atoms with Gasteiger partial charge in [0, 0.05) is 6.54 Å². The van der Waals surface area contributed by atoms with Crippen LogP contribution in [0.25, 0.3) is 0 Å². The minimum absolute atomic E-state index is 0. The number of benzene rings is 1. The average Bonchev–Trinajstić information content (AvgIpc) is 2.04. The van der Waals surface area contributed by atoms with Crippen molar-refractivity contribution >= 4 is 22.4 Å². The van der Waals surface area contributed by atoms with Crippen molar-refractivity contribution in [3.63, 3.8) is 0 Å². The van der Waals surface area contributed by atoms with Crippen LogP contribution in [0.3, 0.4) is 0 Å². The lowest BCUT2D eigenvalue weighted by atomic mass is 10.2. The van der Waals surface area contributed by atoms with E-state index in [4.69, 9.17) is 5.14 Å². The highest BCUT2D eigenvalue weighted by Gasteiger charge is 2.05. The molecule has 0 saturated carbocycles. The molecule has 4 nitrogen and oxygen atoms in total. The predicted molar refractivity (Wildman–Crippen MR) is 57.8 cm³/mol. The monoisotopic (exact) mass is 236 g/mol. The Morgan fingerprint density at radius 2 is 1.79 bits per heavy atom. The van der Waals surface area contributed by atoms with E-state index in [1.807, 2.05) is 7.05 Å². The van der Waals surface area contributed by atoms with Gasteiger partial charge in [-0.2, -0.15) is 0 Å². The van der Waals surface area contributed by atoms with E-state index in [1.165, 1.54) is 12.1 Å². The van der Waals surface area contributed by atoms with Gasteiger partial charge in [-0.3, -0.25) is 0 Å². The van der Waals surface area contributed by atoms with Crippen molar-refractivity contribution in [1.82, 2.24) is 5.32 Å². The van der Waals surface area contributed by atoms with Crippen molar-refractivity contribution in [2.24, 2.45) is 5.14 Å². The molecule has 0 bridgehead atoms. The maximum Gasteiger partial charge on any atom is 0.238 e. The molecular formula is C8H13ClN2O2S. The summed E-state index contributed by atoms with van der Waals surface area (Å²) in [6, 6.07) is 6.47. The molecule has 1 rings (SSSR count).